The van der Waals surface area contributed by atoms with E-state index in [0.717, 1.165) is 7.11 Å². The fourth-order valence-corrected chi connectivity index (χ4v) is 1.27. The van der Waals surface area contributed by atoms with Crippen LogP contribution in [-0.4, -0.2) is 25.3 Å². The molecule has 1 unspecified atom stereocenters. The monoisotopic (exact) mass is 267 g/mol. The summed E-state index contributed by atoms with van der Waals surface area (Å²) in [6, 6.07) is 5.59. The van der Waals surface area contributed by atoms with E-state index in [0.29, 0.717) is 5.57 Å². The molecule has 1 aromatic rings. The number of para-hydroxylation sites is 1. The van der Waals surface area contributed by atoms with E-state index in [2.05, 4.69) is 16.6 Å². The number of halogens is 1. The van der Waals surface area contributed by atoms with Crippen molar-refractivity contribution in [2.45, 2.75) is 13.0 Å². The molecule has 0 aliphatic heterocycles. The van der Waals surface area contributed by atoms with Gasteiger partial charge in [-0.3, -0.25) is 5.32 Å². The maximum Gasteiger partial charge on any atom is 0.412 e. The second-order valence-corrected chi connectivity index (χ2v) is 3.76. The van der Waals surface area contributed by atoms with Crippen LogP contribution in [0.25, 0.3) is 0 Å². The Morgan fingerprint density at radius 3 is 2.53 bits per heavy atom. The molecule has 0 radical (unpaired) electrons. The van der Waals surface area contributed by atoms with Crippen LogP contribution in [0, 0.1) is 5.82 Å². The predicted molar refractivity (Wildman–Crippen MR) is 67.1 cm³/mol. The van der Waals surface area contributed by atoms with E-state index >= 15 is 0 Å². The van der Waals surface area contributed by atoms with Gasteiger partial charge in [-0.2, -0.15) is 0 Å². The summed E-state index contributed by atoms with van der Waals surface area (Å²) >= 11 is 0. The summed E-state index contributed by atoms with van der Waals surface area (Å²) < 4.78 is 22.6. The van der Waals surface area contributed by atoms with Crippen LogP contribution in [0.2, 0.25) is 0 Å². The topological polar surface area (TPSA) is 64.6 Å². The number of amides is 1. The fraction of sp³-hybridized carbons (Fsp3) is 0.231. The van der Waals surface area contributed by atoms with Gasteiger partial charge in [-0.1, -0.05) is 18.7 Å². The standard InChI is InChI=1S/C13H14FNO4/c1-8(2)11(12(16)18-3)19-13(17)15-10-7-5-4-6-9(10)14/h4-7,11H,1H2,2-3H3,(H,15,17). The lowest BCUT2D eigenvalue weighted by molar-refractivity contribution is -0.148. The van der Waals surface area contributed by atoms with E-state index in [9.17, 15) is 14.0 Å². The van der Waals surface area contributed by atoms with Crippen molar-refractivity contribution in [3.63, 3.8) is 0 Å². The Kier molecular flexibility index (Phi) is 5.05. The van der Waals surface area contributed by atoms with Gasteiger partial charge in [-0.05, 0) is 24.6 Å². The van der Waals surface area contributed by atoms with Crippen molar-refractivity contribution in [3.05, 3.63) is 42.2 Å². The van der Waals surface area contributed by atoms with Gasteiger partial charge in [0.2, 0.25) is 6.10 Å². The zero-order valence-corrected chi connectivity index (χ0v) is 10.6. The smallest absolute Gasteiger partial charge is 0.412 e. The van der Waals surface area contributed by atoms with Crippen molar-refractivity contribution in [3.8, 4) is 0 Å². The van der Waals surface area contributed by atoms with Gasteiger partial charge in [-0.15, -0.1) is 0 Å². The van der Waals surface area contributed by atoms with Crippen LogP contribution in [0.5, 0.6) is 0 Å². The molecule has 6 heteroatoms. The van der Waals surface area contributed by atoms with E-state index in [1.54, 1.807) is 6.07 Å². The lowest BCUT2D eigenvalue weighted by Gasteiger charge is -2.16. The van der Waals surface area contributed by atoms with Crippen molar-refractivity contribution in [1.29, 1.82) is 0 Å². The quantitative estimate of drug-likeness (QED) is 0.672. The number of esters is 1. The van der Waals surface area contributed by atoms with Crippen molar-refractivity contribution < 1.29 is 23.5 Å². The summed E-state index contributed by atoms with van der Waals surface area (Å²) in [7, 11) is 1.16. The molecule has 1 amide bonds. The third-order valence-electron chi connectivity index (χ3n) is 2.20. The lowest BCUT2D eigenvalue weighted by Crippen LogP contribution is -2.31. The molecule has 0 heterocycles. The molecule has 19 heavy (non-hydrogen) atoms. The minimum atomic E-state index is -1.23. The van der Waals surface area contributed by atoms with Gasteiger partial charge < -0.3 is 9.47 Å². The number of carbonyl (C=O) groups excluding carboxylic acids is 2. The number of ether oxygens (including phenoxy) is 2. The van der Waals surface area contributed by atoms with Crippen LogP contribution in [0.1, 0.15) is 6.92 Å². The number of nitrogens with one attached hydrogen (secondary N) is 1. The molecule has 0 spiro atoms. The van der Waals surface area contributed by atoms with Crippen molar-refractivity contribution in [2.75, 3.05) is 12.4 Å². The molecule has 0 aromatic heterocycles. The van der Waals surface area contributed by atoms with E-state index in [-0.39, 0.29) is 5.69 Å². The highest BCUT2D eigenvalue weighted by molar-refractivity contribution is 5.88. The van der Waals surface area contributed by atoms with E-state index in [1.807, 2.05) is 0 Å². The number of methoxy groups -OCH3 is 1. The number of rotatable bonds is 4. The SMILES string of the molecule is C=C(C)C(OC(=O)Nc1ccccc1F)C(=O)OC. The highest BCUT2D eigenvalue weighted by atomic mass is 19.1. The maximum atomic E-state index is 13.3. The summed E-state index contributed by atoms with van der Waals surface area (Å²) in [6.07, 6.45) is -2.19. The van der Waals surface area contributed by atoms with Crippen LogP contribution in [0.15, 0.2) is 36.4 Å². The molecular formula is C13H14FNO4. The number of hydrogen-bond donors (Lipinski definition) is 1. The molecule has 1 rings (SSSR count). The minimum absolute atomic E-state index is 0.0437. The van der Waals surface area contributed by atoms with E-state index < -0.39 is 24.0 Å². The Morgan fingerprint density at radius 1 is 1.37 bits per heavy atom. The van der Waals surface area contributed by atoms with Crippen LogP contribution < -0.4 is 5.32 Å². The molecule has 0 fully saturated rings. The molecule has 0 bridgehead atoms. The molecule has 1 aromatic carbocycles. The number of carbonyl (C=O) groups is 2. The summed E-state index contributed by atoms with van der Waals surface area (Å²) in [4.78, 5) is 22.9. The Labute approximate surface area is 110 Å². The Bertz CT molecular complexity index is 501. The van der Waals surface area contributed by atoms with Crippen LogP contribution in [0.4, 0.5) is 14.9 Å². The molecule has 0 saturated carbocycles. The maximum absolute atomic E-state index is 13.3. The molecule has 0 aliphatic carbocycles. The first-order chi connectivity index (χ1) is 8.95. The minimum Gasteiger partial charge on any atom is -0.466 e. The van der Waals surface area contributed by atoms with Gasteiger partial charge in [0.25, 0.3) is 0 Å². The first kappa shape index (κ1) is 14.7. The zero-order valence-electron chi connectivity index (χ0n) is 10.6. The average Bonchev–Trinajstić information content (AvgIpc) is 2.37. The summed E-state index contributed by atoms with van der Waals surface area (Å²) in [5, 5.41) is 2.19. The van der Waals surface area contributed by atoms with Crippen LogP contribution in [-0.2, 0) is 14.3 Å². The fourth-order valence-electron chi connectivity index (χ4n) is 1.27. The van der Waals surface area contributed by atoms with Crippen LogP contribution >= 0.6 is 0 Å². The normalized spacial score (nSPS) is 11.3. The Hall–Kier alpha value is -2.37. The van der Waals surface area contributed by atoms with E-state index in [1.165, 1.54) is 25.1 Å². The summed E-state index contributed by atoms with van der Waals surface area (Å²) in [5.41, 5.74) is 0.258. The van der Waals surface area contributed by atoms with Gasteiger partial charge >= 0.3 is 12.1 Å². The Morgan fingerprint density at radius 2 is 2.00 bits per heavy atom. The van der Waals surface area contributed by atoms with Crippen molar-refractivity contribution in [1.82, 2.24) is 0 Å². The van der Waals surface area contributed by atoms with Gasteiger partial charge in [-0.25, -0.2) is 14.0 Å². The van der Waals surface area contributed by atoms with Crippen LogP contribution in [0.3, 0.4) is 0 Å². The zero-order chi connectivity index (χ0) is 14.4. The lowest BCUT2D eigenvalue weighted by atomic mass is 10.2. The highest BCUT2D eigenvalue weighted by Gasteiger charge is 2.24. The molecular weight excluding hydrogens is 253 g/mol. The largest absolute Gasteiger partial charge is 0.466 e. The summed E-state index contributed by atoms with van der Waals surface area (Å²) in [5.74, 6) is -1.36. The first-order valence-electron chi connectivity index (χ1n) is 5.41. The molecule has 0 aliphatic rings. The van der Waals surface area contributed by atoms with Crippen molar-refractivity contribution >= 4 is 17.7 Å². The second-order valence-electron chi connectivity index (χ2n) is 3.76. The molecule has 0 saturated heterocycles. The molecule has 5 nitrogen and oxygen atoms in total. The third-order valence-corrected chi connectivity index (χ3v) is 2.20. The van der Waals surface area contributed by atoms with Gasteiger partial charge in [0, 0.05) is 0 Å². The number of anilines is 1. The predicted octanol–water partition coefficient (Wildman–Crippen LogP) is 2.49. The van der Waals surface area contributed by atoms with Gasteiger partial charge in [0.1, 0.15) is 5.82 Å². The average molecular weight is 267 g/mol. The van der Waals surface area contributed by atoms with Gasteiger partial charge in [0.15, 0.2) is 0 Å². The molecule has 1 N–H and O–H groups in total. The molecule has 1 atom stereocenters. The summed E-state index contributed by atoms with van der Waals surface area (Å²) in [6.45, 7) is 5.03. The third kappa shape index (κ3) is 4.09. The molecule has 102 valence electrons. The highest BCUT2D eigenvalue weighted by Crippen LogP contribution is 2.14. The van der Waals surface area contributed by atoms with Gasteiger partial charge in [0.05, 0.1) is 12.8 Å². The second kappa shape index (κ2) is 6.53. The number of benzene rings is 1. The first-order valence-corrected chi connectivity index (χ1v) is 5.41. The van der Waals surface area contributed by atoms with Crippen molar-refractivity contribution in [2.24, 2.45) is 0 Å². The van der Waals surface area contributed by atoms with E-state index in [4.69, 9.17) is 4.74 Å². The number of hydrogen-bond acceptors (Lipinski definition) is 4. The Balaban J connectivity index is 2.71.